The lowest BCUT2D eigenvalue weighted by Crippen LogP contribution is -2.13. The van der Waals surface area contributed by atoms with Crippen molar-refractivity contribution in [3.8, 4) is 5.75 Å². The number of hydrogen-bond acceptors (Lipinski definition) is 3. The van der Waals surface area contributed by atoms with Gasteiger partial charge in [0.05, 0.1) is 24.1 Å². The maximum Gasteiger partial charge on any atom is 0.257 e. The molecule has 0 aliphatic heterocycles. The number of carbonyl (C=O) groups excluding carboxylic acids is 1. The highest BCUT2D eigenvalue weighted by atomic mass is 16.5. The number of carbonyl (C=O) groups is 1. The summed E-state index contributed by atoms with van der Waals surface area (Å²) < 4.78 is 7.07. The number of imidazole rings is 1. The van der Waals surface area contributed by atoms with Crippen LogP contribution in [-0.4, -0.2) is 22.4 Å². The van der Waals surface area contributed by atoms with E-state index < -0.39 is 0 Å². The Morgan fingerprint density at radius 3 is 2.81 bits per heavy atom. The lowest BCUT2D eigenvalue weighted by Gasteiger charge is -2.09. The van der Waals surface area contributed by atoms with Gasteiger partial charge in [0.1, 0.15) is 11.4 Å². The largest absolute Gasteiger partial charge is 0.495 e. The third kappa shape index (κ3) is 2.58. The quantitative estimate of drug-likeness (QED) is 0.803. The molecule has 0 bridgehead atoms. The van der Waals surface area contributed by atoms with Crippen LogP contribution in [0.5, 0.6) is 5.75 Å². The highest BCUT2D eigenvalue weighted by Crippen LogP contribution is 2.23. The second kappa shape index (κ2) is 5.28. The third-order valence-corrected chi connectivity index (χ3v) is 3.19. The van der Waals surface area contributed by atoms with Crippen LogP contribution in [0, 0.1) is 6.92 Å². The van der Waals surface area contributed by atoms with Crippen LogP contribution in [0.15, 0.2) is 48.8 Å². The molecule has 0 fully saturated rings. The number of anilines is 1. The summed E-state index contributed by atoms with van der Waals surface area (Å²) in [7, 11) is 1.57. The molecule has 3 aromatic rings. The average Bonchev–Trinajstić information content (AvgIpc) is 2.86. The Labute approximate surface area is 122 Å². The van der Waals surface area contributed by atoms with Gasteiger partial charge in [-0.1, -0.05) is 12.1 Å². The number of amides is 1. The van der Waals surface area contributed by atoms with Gasteiger partial charge in [-0.15, -0.1) is 0 Å². The van der Waals surface area contributed by atoms with E-state index in [1.54, 1.807) is 31.5 Å². The van der Waals surface area contributed by atoms with E-state index in [-0.39, 0.29) is 5.91 Å². The lowest BCUT2D eigenvalue weighted by atomic mass is 10.2. The van der Waals surface area contributed by atoms with Crippen LogP contribution in [0.1, 0.15) is 16.1 Å². The number of nitrogens with one attached hydrogen (secondary N) is 1. The van der Waals surface area contributed by atoms with E-state index in [0.717, 1.165) is 11.3 Å². The zero-order valence-electron chi connectivity index (χ0n) is 11.8. The number of nitrogens with zero attached hydrogens (tertiary/aromatic N) is 2. The molecule has 2 aromatic heterocycles. The predicted octanol–water partition coefficient (Wildman–Crippen LogP) is 2.90. The minimum absolute atomic E-state index is 0.187. The standard InChI is InChI=1S/C16H15N3O2/c1-11-9-19-10-12(7-8-15(19)17-11)16(20)18-13-5-3-4-6-14(13)21-2/h3-10H,1-2H3,(H,18,20). The Bertz CT molecular complexity index is 808. The fourth-order valence-corrected chi connectivity index (χ4v) is 2.20. The summed E-state index contributed by atoms with van der Waals surface area (Å²) in [6.07, 6.45) is 3.65. The molecular weight excluding hydrogens is 266 g/mol. The van der Waals surface area contributed by atoms with Crippen LogP contribution in [-0.2, 0) is 0 Å². The molecule has 1 N–H and O–H groups in total. The van der Waals surface area contributed by atoms with Crippen LogP contribution in [0.25, 0.3) is 5.65 Å². The fourth-order valence-electron chi connectivity index (χ4n) is 2.20. The van der Waals surface area contributed by atoms with Crippen molar-refractivity contribution in [2.24, 2.45) is 0 Å². The number of hydrogen-bond donors (Lipinski definition) is 1. The number of benzene rings is 1. The monoisotopic (exact) mass is 281 g/mol. The summed E-state index contributed by atoms with van der Waals surface area (Å²) in [5.74, 6) is 0.443. The fraction of sp³-hybridized carbons (Fsp3) is 0.125. The van der Waals surface area contributed by atoms with E-state index in [1.807, 2.05) is 35.7 Å². The molecule has 0 unspecified atom stereocenters. The summed E-state index contributed by atoms with van der Waals surface area (Å²) >= 11 is 0. The first kappa shape index (κ1) is 13.2. The summed E-state index contributed by atoms with van der Waals surface area (Å²) in [5, 5.41) is 2.85. The highest BCUT2D eigenvalue weighted by molar-refractivity contribution is 6.05. The molecule has 0 saturated carbocycles. The topological polar surface area (TPSA) is 55.6 Å². The van der Waals surface area contributed by atoms with E-state index >= 15 is 0 Å². The number of fused-ring (bicyclic) bond motifs is 1. The smallest absolute Gasteiger partial charge is 0.257 e. The molecule has 2 heterocycles. The van der Waals surface area contributed by atoms with Crippen LogP contribution < -0.4 is 10.1 Å². The maximum atomic E-state index is 12.3. The summed E-state index contributed by atoms with van der Waals surface area (Å²) in [6.45, 7) is 1.92. The first-order valence-corrected chi connectivity index (χ1v) is 6.57. The van der Waals surface area contributed by atoms with Crippen LogP contribution >= 0.6 is 0 Å². The Morgan fingerprint density at radius 2 is 2.00 bits per heavy atom. The van der Waals surface area contributed by atoms with E-state index in [4.69, 9.17) is 4.74 Å². The highest BCUT2D eigenvalue weighted by Gasteiger charge is 2.10. The molecule has 0 aliphatic carbocycles. The second-order valence-corrected chi connectivity index (χ2v) is 4.72. The Morgan fingerprint density at radius 1 is 1.19 bits per heavy atom. The minimum atomic E-state index is -0.187. The van der Waals surface area contributed by atoms with Gasteiger partial charge in [0, 0.05) is 12.4 Å². The molecule has 0 radical (unpaired) electrons. The van der Waals surface area contributed by atoms with Gasteiger partial charge in [0.15, 0.2) is 0 Å². The zero-order chi connectivity index (χ0) is 14.8. The van der Waals surface area contributed by atoms with Crippen molar-refractivity contribution in [2.45, 2.75) is 6.92 Å². The first-order valence-electron chi connectivity index (χ1n) is 6.57. The molecular formula is C16H15N3O2. The van der Waals surface area contributed by atoms with Gasteiger partial charge < -0.3 is 14.5 Å². The van der Waals surface area contributed by atoms with Crippen molar-refractivity contribution in [3.05, 3.63) is 60.0 Å². The number of pyridine rings is 1. The Hall–Kier alpha value is -2.82. The summed E-state index contributed by atoms with van der Waals surface area (Å²) in [6, 6.07) is 10.9. The number of aryl methyl sites for hydroxylation is 1. The minimum Gasteiger partial charge on any atom is -0.495 e. The number of ether oxygens (including phenoxy) is 1. The molecule has 0 saturated heterocycles. The molecule has 0 aliphatic rings. The van der Waals surface area contributed by atoms with E-state index in [1.165, 1.54) is 0 Å². The first-order chi connectivity index (χ1) is 10.2. The van der Waals surface area contributed by atoms with Crippen LogP contribution in [0.2, 0.25) is 0 Å². The normalized spacial score (nSPS) is 10.6. The molecule has 106 valence electrons. The van der Waals surface area contributed by atoms with Gasteiger partial charge in [-0.05, 0) is 31.2 Å². The SMILES string of the molecule is COc1ccccc1NC(=O)c1ccc2nc(C)cn2c1. The van der Waals surface area contributed by atoms with Gasteiger partial charge in [-0.25, -0.2) is 4.98 Å². The van der Waals surface area contributed by atoms with Crippen molar-refractivity contribution in [3.63, 3.8) is 0 Å². The molecule has 1 aromatic carbocycles. The molecule has 0 spiro atoms. The van der Waals surface area contributed by atoms with E-state index in [2.05, 4.69) is 10.3 Å². The number of rotatable bonds is 3. The lowest BCUT2D eigenvalue weighted by molar-refractivity contribution is 0.102. The van der Waals surface area contributed by atoms with Gasteiger partial charge in [0.2, 0.25) is 0 Å². The van der Waals surface area contributed by atoms with Crippen molar-refractivity contribution in [1.29, 1.82) is 0 Å². The van der Waals surface area contributed by atoms with Gasteiger partial charge in [-0.2, -0.15) is 0 Å². The second-order valence-electron chi connectivity index (χ2n) is 4.72. The number of aromatic nitrogens is 2. The molecule has 1 amide bonds. The molecule has 0 atom stereocenters. The molecule has 21 heavy (non-hydrogen) atoms. The Balaban J connectivity index is 1.89. The van der Waals surface area contributed by atoms with Crippen molar-refractivity contribution < 1.29 is 9.53 Å². The zero-order valence-corrected chi connectivity index (χ0v) is 11.8. The van der Waals surface area contributed by atoms with Gasteiger partial charge >= 0.3 is 0 Å². The third-order valence-electron chi connectivity index (χ3n) is 3.19. The number of methoxy groups -OCH3 is 1. The van der Waals surface area contributed by atoms with Crippen molar-refractivity contribution in [2.75, 3.05) is 12.4 Å². The van der Waals surface area contributed by atoms with Crippen LogP contribution in [0.4, 0.5) is 5.69 Å². The van der Waals surface area contributed by atoms with Gasteiger partial charge in [0.25, 0.3) is 5.91 Å². The van der Waals surface area contributed by atoms with Crippen molar-refractivity contribution >= 4 is 17.2 Å². The van der Waals surface area contributed by atoms with Crippen molar-refractivity contribution in [1.82, 2.24) is 9.38 Å². The van der Waals surface area contributed by atoms with E-state index in [9.17, 15) is 4.79 Å². The van der Waals surface area contributed by atoms with Crippen LogP contribution in [0.3, 0.4) is 0 Å². The van der Waals surface area contributed by atoms with Gasteiger partial charge in [-0.3, -0.25) is 4.79 Å². The average molecular weight is 281 g/mol. The number of para-hydroxylation sites is 2. The maximum absolute atomic E-state index is 12.3. The summed E-state index contributed by atoms with van der Waals surface area (Å²) in [4.78, 5) is 16.7. The predicted molar refractivity (Wildman–Crippen MR) is 80.9 cm³/mol. The summed E-state index contributed by atoms with van der Waals surface area (Å²) in [5.41, 5.74) is 2.94. The van der Waals surface area contributed by atoms with E-state index in [0.29, 0.717) is 17.0 Å². The molecule has 3 rings (SSSR count). The molecule has 5 nitrogen and oxygen atoms in total. The Kier molecular flexibility index (Phi) is 3.31. The molecule has 5 heteroatoms.